The van der Waals surface area contributed by atoms with Gasteiger partial charge in [-0.1, -0.05) is 6.92 Å². The van der Waals surface area contributed by atoms with Crippen LogP contribution in [-0.2, 0) is 4.74 Å². The summed E-state index contributed by atoms with van der Waals surface area (Å²) in [7, 11) is 3.71. The molecule has 0 radical (unpaired) electrons. The Bertz CT molecular complexity index is 233. The normalized spacial score (nSPS) is 15.4. The Hall–Kier alpha value is -0.800. The number of hydrogen-bond acceptors (Lipinski definition) is 3. The summed E-state index contributed by atoms with van der Waals surface area (Å²) in [5, 5.41) is 3.28. The first-order chi connectivity index (χ1) is 6.77. The van der Waals surface area contributed by atoms with E-state index in [9.17, 15) is 0 Å². The van der Waals surface area contributed by atoms with Crippen molar-refractivity contribution >= 4 is 0 Å². The van der Waals surface area contributed by atoms with Crippen LogP contribution in [0.3, 0.4) is 0 Å². The van der Waals surface area contributed by atoms with E-state index in [-0.39, 0.29) is 0 Å². The summed E-state index contributed by atoms with van der Waals surface area (Å²) in [6, 6.07) is 2.36. The number of nitrogens with one attached hydrogen (secondary N) is 1. The van der Waals surface area contributed by atoms with Crippen LogP contribution in [0.5, 0.6) is 0 Å². The van der Waals surface area contributed by atoms with Gasteiger partial charge in [-0.2, -0.15) is 0 Å². The number of ether oxygens (including phenoxy) is 1. The van der Waals surface area contributed by atoms with E-state index in [0.717, 1.165) is 13.0 Å². The highest BCUT2D eigenvalue weighted by molar-refractivity contribution is 5.11. The molecule has 1 aromatic heterocycles. The standard InChI is InChI=1S/C11H19NO2/c1-9(7-13-3)6-11(12-2)10-4-5-14-8-10/h4-5,8-9,11-12H,6-7H2,1-3H3. The fraction of sp³-hybridized carbons (Fsp3) is 0.636. The molecule has 0 aliphatic carbocycles. The SMILES string of the molecule is CNC(CC(C)COC)c1ccoc1. The van der Waals surface area contributed by atoms with Crippen LogP contribution >= 0.6 is 0 Å². The maximum absolute atomic E-state index is 5.12. The van der Waals surface area contributed by atoms with Crippen molar-refractivity contribution in [3.63, 3.8) is 0 Å². The summed E-state index contributed by atoms with van der Waals surface area (Å²) in [4.78, 5) is 0. The molecule has 0 aliphatic rings. The summed E-state index contributed by atoms with van der Waals surface area (Å²) in [6.45, 7) is 2.99. The second-order valence-corrected chi connectivity index (χ2v) is 3.69. The molecule has 1 heterocycles. The van der Waals surface area contributed by atoms with Gasteiger partial charge in [-0.15, -0.1) is 0 Å². The van der Waals surface area contributed by atoms with E-state index in [4.69, 9.17) is 9.15 Å². The Morgan fingerprint density at radius 2 is 2.36 bits per heavy atom. The van der Waals surface area contributed by atoms with Crippen molar-refractivity contribution < 1.29 is 9.15 Å². The van der Waals surface area contributed by atoms with Gasteiger partial charge in [0.25, 0.3) is 0 Å². The molecule has 0 spiro atoms. The highest BCUT2D eigenvalue weighted by Gasteiger charge is 2.14. The van der Waals surface area contributed by atoms with E-state index in [2.05, 4.69) is 12.2 Å². The summed E-state index contributed by atoms with van der Waals surface area (Å²) in [5.41, 5.74) is 1.20. The van der Waals surface area contributed by atoms with Crippen molar-refractivity contribution in [2.24, 2.45) is 5.92 Å². The third-order valence-electron chi connectivity index (χ3n) is 2.38. The average Bonchev–Trinajstić information content (AvgIpc) is 2.67. The molecule has 80 valence electrons. The lowest BCUT2D eigenvalue weighted by Gasteiger charge is -2.18. The Balaban J connectivity index is 2.47. The monoisotopic (exact) mass is 197 g/mol. The molecule has 3 nitrogen and oxygen atoms in total. The second kappa shape index (κ2) is 5.83. The fourth-order valence-electron chi connectivity index (χ4n) is 1.65. The van der Waals surface area contributed by atoms with Gasteiger partial charge in [-0.25, -0.2) is 0 Å². The quantitative estimate of drug-likeness (QED) is 0.759. The number of rotatable bonds is 6. The molecule has 3 heteroatoms. The smallest absolute Gasteiger partial charge is 0.0950 e. The van der Waals surface area contributed by atoms with E-state index in [1.54, 1.807) is 19.6 Å². The van der Waals surface area contributed by atoms with E-state index >= 15 is 0 Å². The molecule has 1 N–H and O–H groups in total. The predicted molar refractivity (Wildman–Crippen MR) is 56.2 cm³/mol. The Labute approximate surface area is 85.4 Å². The zero-order valence-electron chi connectivity index (χ0n) is 9.12. The third-order valence-corrected chi connectivity index (χ3v) is 2.38. The lowest BCUT2D eigenvalue weighted by molar-refractivity contribution is 0.150. The molecule has 14 heavy (non-hydrogen) atoms. The highest BCUT2D eigenvalue weighted by atomic mass is 16.5. The van der Waals surface area contributed by atoms with Gasteiger partial charge in [0.15, 0.2) is 0 Å². The largest absolute Gasteiger partial charge is 0.472 e. The zero-order chi connectivity index (χ0) is 10.4. The molecule has 0 saturated heterocycles. The molecule has 0 amide bonds. The van der Waals surface area contributed by atoms with Crippen molar-refractivity contribution in [2.45, 2.75) is 19.4 Å². The minimum atomic E-state index is 0.360. The molecular formula is C11H19NO2. The molecule has 0 fully saturated rings. The van der Waals surface area contributed by atoms with E-state index in [1.807, 2.05) is 13.1 Å². The lowest BCUT2D eigenvalue weighted by Crippen LogP contribution is -2.20. The predicted octanol–water partition coefficient (Wildman–Crippen LogP) is 2.21. The second-order valence-electron chi connectivity index (χ2n) is 3.69. The van der Waals surface area contributed by atoms with Gasteiger partial charge in [0, 0.05) is 25.3 Å². The molecule has 0 aromatic carbocycles. The summed E-state index contributed by atoms with van der Waals surface area (Å²) in [6.07, 6.45) is 4.56. The van der Waals surface area contributed by atoms with Gasteiger partial charge in [0.1, 0.15) is 0 Å². The van der Waals surface area contributed by atoms with E-state index in [0.29, 0.717) is 12.0 Å². The highest BCUT2D eigenvalue weighted by Crippen LogP contribution is 2.21. The third kappa shape index (κ3) is 3.16. The summed E-state index contributed by atoms with van der Waals surface area (Å²) < 4.78 is 10.2. The van der Waals surface area contributed by atoms with Gasteiger partial charge in [0.05, 0.1) is 12.5 Å². The Morgan fingerprint density at radius 1 is 1.57 bits per heavy atom. The maximum atomic E-state index is 5.12. The summed E-state index contributed by atoms with van der Waals surface area (Å²) in [5.74, 6) is 0.548. The van der Waals surface area contributed by atoms with Crippen molar-refractivity contribution in [3.8, 4) is 0 Å². The topological polar surface area (TPSA) is 34.4 Å². The summed E-state index contributed by atoms with van der Waals surface area (Å²) >= 11 is 0. The van der Waals surface area contributed by atoms with Crippen LogP contribution in [0.15, 0.2) is 23.0 Å². The van der Waals surface area contributed by atoms with Gasteiger partial charge in [-0.3, -0.25) is 0 Å². The molecule has 0 bridgehead atoms. The number of methoxy groups -OCH3 is 1. The van der Waals surface area contributed by atoms with Crippen LogP contribution < -0.4 is 5.32 Å². The molecule has 0 saturated carbocycles. The van der Waals surface area contributed by atoms with Crippen LogP contribution in [-0.4, -0.2) is 20.8 Å². The van der Waals surface area contributed by atoms with Crippen LogP contribution in [0.25, 0.3) is 0 Å². The van der Waals surface area contributed by atoms with Crippen LogP contribution in [0.1, 0.15) is 24.9 Å². The van der Waals surface area contributed by atoms with Crippen molar-refractivity contribution in [2.75, 3.05) is 20.8 Å². The maximum Gasteiger partial charge on any atom is 0.0950 e. The minimum absolute atomic E-state index is 0.360. The molecule has 1 rings (SSSR count). The van der Waals surface area contributed by atoms with Crippen LogP contribution in [0.4, 0.5) is 0 Å². The zero-order valence-corrected chi connectivity index (χ0v) is 9.12. The molecular weight excluding hydrogens is 178 g/mol. The van der Waals surface area contributed by atoms with E-state index in [1.165, 1.54) is 5.56 Å². The van der Waals surface area contributed by atoms with Crippen LogP contribution in [0, 0.1) is 5.92 Å². The van der Waals surface area contributed by atoms with Gasteiger partial charge in [-0.05, 0) is 25.5 Å². The average molecular weight is 197 g/mol. The Morgan fingerprint density at radius 3 is 2.86 bits per heavy atom. The van der Waals surface area contributed by atoms with Crippen LogP contribution in [0.2, 0.25) is 0 Å². The van der Waals surface area contributed by atoms with Gasteiger partial charge >= 0.3 is 0 Å². The van der Waals surface area contributed by atoms with Crippen molar-refractivity contribution in [1.29, 1.82) is 0 Å². The molecule has 1 aromatic rings. The molecule has 0 aliphatic heterocycles. The first-order valence-electron chi connectivity index (χ1n) is 4.96. The first kappa shape index (κ1) is 11.3. The lowest BCUT2D eigenvalue weighted by atomic mass is 9.98. The Kier molecular flexibility index (Phi) is 4.70. The number of hydrogen-bond donors (Lipinski definition) is 1. The van der Waals surface area contributed by atoms with Gasteiger partial charge < -0.3 is 14.5 Å². The van der Waals surface area contributed by atoms with Crippen molar-refractivity contribution in [1.82, 2.24) is 5.32 Å². The fourth-order valence-corrected chi connectivity index (χ4v) is 1.65. The first-order valence-corrected chi connectivity index (χ1v) is 4.96. The molecule has 2 atom stereocenters. The molecule has 2 unspecified atom stereocenters. The van der Waals surface area contributed by atoms with Gasteiger partial charge in [0.2, 0.25) is 0 Å². The van der Waals surface area contributed by atoms with E-state index < -0.39 is 0 Å². The van der Waals surface area contributed by atoms with Crippen molar-refractivity contribution in [3.05, 3.63) is 24.2 Å². The number of furan rings is 1. The minimum Gasteiger partial charge on any atom is -0.472 e.